The van der Waals surface area contributed by atoms with Gasteiger partial charge < -0.3 is 4.74 Å². The van der Waals surface area contributed by atoms with Crippen molar-refractivity contribution in [3.63, 3.8) is 0 Å². The summed E-state index contributed by atoms with van der Waals surface area (Å²) in [6, 6.07) is 0. The number of nitrogens with zero attached hydrogens (tertiary/aromatic N) is 3. The first-order valence-corrected chi connectivity index (χ1v) is 7.37. The van der Waals surface area contributed by atoms with Gasteiger partial charge in [-0.2, -0.15) is 0 Å². The summed E-state index contributed by atoms with van der Waals surface area (Å²) in [5, 5.41) is 0.467. The lowest BCUT2D eigenvalue weighted by molar-refractivity contribution is 0.304. The van der Waals surface area contributed by atoms with E-state index in [0.29, 0.717) is 17.6 Å². The minimum absolute atomic E-state index is 0.230. The summed E-state index contributed by atoms with van der Waals surface area (Å²) in [5.41, 5.74) is 3.79. The molecule has 0 bridgehead atoms. The molecule has 0 fully saturated rings. The number of aromatic nitrogens is 3. The smallest absolute Gasteiger partial charge is 0.221 e. The van der Waals surface area contributed by atoms with Crippen LogP contribution in [0.3, 0.4) is 0 Å². The molecule has 19 heavy (non-hydrogen) atoms. The van der Waals surface area contributed by atoms with Crippen LogP contribution in [0.5, 0.6) is 5.88 Å². The van der Waals surface area contributed by atoms with Crippen molar-refractivity contribution in [1.29, 1.82) is 0 Å². The Morgan fingerprint density at radius 1 is 1.32 bits per heavy atom. The van der Waals surface area contributed by atoms with E-state index in [-0.39, 0.29) is 5.92 Å². The highest BCUT2D eigenvalue weighted by Crippen LogP contribution is 2.29. The van der Waals surface area contributed by atoms with E-state index in [0.717, 1.165) is 17.7 Å². The normalized spacial score (nSPS) is 11.0. The zero-order valence-corrected chi connectivity index (χ0v) is 12.8. The van der Waals surface area contributed by atoms with E-state index in [1.54, 1.807) is 11.3 Å². The van der Waals surface area contributed by atoms with Crippen molar-refractivity contribution in [3.8, 4) is 5.88 Å². The fraction of sp³-hybridized carbons (Fsp3) is 0.462. The molecule has 102 valence electrons. The first-order chi connectivity index (χ1) is 9.09. The highest BCUT2D eigenvalue weighted by atomic mass is 35.5. The van der Waals surface area contributed by atoms with E-state index < -0.39 is 0 Å². The molecule has 2 aromatic heterocycles. The van der Waals surface area contributed by atoms with Crippen LogP contribution in [0.4, 0.5) is 0 Å². The van der Waals surface area contributed by atoms with Gasteiger partial charge in [0, 0.05) is 11.3 Å². The fourth-order valence-corrected chi connectivity index (χ4v) is 2.87. The quantitative estimate of drug-likeness (QED) is 0.791. The predicted molar refractivity (Wildman–Crippen MR) is 77.2 cm³/mol. The van der Waals surface area contributed by atoms with Gasteiger partial charge in [-0.1, -0.05) is 25.4 Å². The molecule has 2 aromatic rings. The van der Waals surface area contributed by atoms with Gasteiger partial charge in [0.2, 0.25) is 5.88 Å². The summed E-state index contributed by atoms with van der Waals surface area (Å²) in [6.45, 7) is 6.67. The lowest BCUT2D eigenvalue weighted by atomic mass is 10.1. The van der Waals surface area contributed by atoms with Crippen LogP contribution in [0.15, 0.2) is 11.8 Å². The lowest BCUT2D eigenvalue weighted by Gasteiger charge is -2.13. The number of thiazole rings is 1. The Morgan fingerprint density at radius 3 is 2.74 bits per heavy atom. The average molecular weight is 298 g/mol. The summed E-state index contributed by atoms with van der Waals surface area (Å²) < 4.78 is 5.75. The molecule has 0 saturated heterocycles. The third kappa shape index (κ3) is 3.42. The maximum absolute atomic E-state index is 6.09. The monoisotopic (exact) mass is 297 g/mol. The van der Waals surface area contributed by atoms with E-state index in [2.05, 4.69) is 15.0 Å². The molecule has 0 aromatic carbocycles. The summed E-state index contributed by atoms with van der Waals surface area (Å²) >= 11 is 7.74. The Hall–Kier alpha value is -1.20. The predicted octanol–water partition coefficient (Wildman–Crippen LogP) is 3.64. The van der Waals surface area contributed by atoms with Crippen LogP contribution in [0.25, 0.3) is 0 Å². The van der Waals surface area contributed by atoms with Crippen molar-refractivity contribution in [2.24, 2.45) is 0 Å². The fourth-order valence-electron chi connectivity index (χ4n) is 1.77. The second kappa shape index (κ2) is 6.30. The van der Waals surface area contributed by atoms with Crippen LogP contribution in [-0.4, -0.2) is 21.6 Å². The molecule has 0 N–H and O–H groups in total. The van der Waals surface area contributed by atoms with Gasteiger partial charge in [0.05, 0.1) is 23.4 Å². The molecule has 0 atom stereocenters. The summed E-state index contributed by atoms with van der Waals surface area (Å²) in [6.07, 6.45) is 2.26. The van der Waals surface area contributed by atoms with Gasteiger partial charge in [-0.05, 0) is 12.8 Å². The van der Waals surface area contributed by atoms with Crippen LogP contribution >= 0.6 is 22.9 Å². The van der Waals surface area contributed by atoms with Crippen molar-refractivity contribution >= 4 is 22.9 Å². The van der Waals surface area contributed by atoms with Gasteiger partial charge in [-0.3, -0.25) is 0 Å². The Bertz CT molecular complexity index is 557. The van der Waals surface area contributed by atoms with Gasteiger partial charge in [-0.25, -0.2) is 15.0 Å². The molecule has 0 aliphatic rings. The number of hydrogen-bond donors (Lipinski definition) is 0. The minimum atomic E-state index is 0.230. The van der Waals surface area contributed by atoms with E-state index >= 15 is 0 Å². The third-order valence-electron chi connectivity index (χ3n) is 2.79. The molecule has 4 nitrogen and oxygen atoms in total. The first-order valence-electron chi connectivity index (χ1n) is 6.11. The summed E-state index contributed by atoms with van der Waals surface area (Å²) in [4.78, 5) is 13.6. The number of hydrogen-bond acceptors (Lipinski definition) is 5. The molecule has 6 heteroatoms. The Morgan fingerprint density at radius 2 is 2.11 bits per heavy atom. The summed E-state index contributed by atoms with van der Waals surface area (Å²) in [7, 11) is 0. The Labute approximate surface area is 121 Å². The molecule has 0 unspecified atom stereocenters. The van der Waals surface area contributed by atoms with Crippen molar-refractivity contribution in [2.45, 2.75) is 33.1 Å². The molecule has 0 saturated carbocycles. The largest absolute Gasteiger partial charge is 0.477 e. The van der Waals surface area contributed by atoms with Crippen molar-refractivity contribution in [2.75, 3.05) is 6.61 Å². The standard InChI is InChI=1S/C13H16ClN3OS/c1-8(2)11-12(14)15-6-16-13(11)18-5-4-10-9(3)17-7-19-10/h6-8H,4-5H2,1-3H3. The third-order valence-corrected chi connectivity index (χ3v) is 4.08. The van der Waals surface area contributed by atoms with Gasteiger partial charge in [0.25, 0.3) is 0 Å². The topological polar surface area (TPSA) is 47.9 Å². The van der Waals surface area contributed by atoms with Gasteiger partial charge >= 0.3 is 0 Å². The van der Waals surface area contributed by atoms with Crippen LogP contribution in [0.2, 0.25) is 5.15 Å². The second-order valence-corrected chi connectivity index (χ2v) is 5.79. The second-order valence-electron chi connectivity index (χ2n) is 4.50. The Balaban J connectivity index is 2.04. The zero-order valence-electron chi connectivity index (χ0n) is 11.2. The lowest BCUT2D eigenvalue weighted by Crippen LogP contribution is -2.07. The highest BCUT2D eigenvalue weighted by Gasteiger charge is 2.15. The van der Waals surface area contributed by atoms with Crippen molar-refractivity contribution < 1.29 is 4.74 Å². The number of rotatable bonds is 5. The van der Waals surface area contributed by atoms with E-state index in [4.69, 9.17) is 16.3 Å². The molecule has 2 heterocycles. The molecule has 0 spiro atoms. The van der Waals surface area contributed by atoms with Crippen LogP contribution in [0.1, 0.15) is 35.9 Å². The molecule has 0 aliphatic heterocycles. The van der Waals surface area contributed by atoms with Crippen LogP contribution in [0, 0.1) is 6.92 Å². The van der Waals surface area contributed by atoms with Gasteiger partial charge in [0.1, 0.15) is 11.5 Å². The van der Waals surface area contributed by atoms with E-state index in [9.17, 15) is 0 Å². The zero-order chi connectivity index (χ0) is 13.8. The van der Waals surface area contributed by atoms with Gasteiger partial charge in [0.15, 0.2) is 0 Å². The molecule has 0 amide bonds. The number of aryl methyl sites for hydroxylation is 1. The number of ether oxygens (including phenoxy) is 1. The number of halogens is 1. The van der Waals surface area contributed by atoms with Crippen LogP contribution in [-0.2, 0) is 6.42 Å². The summed E-state index contributed by atoms with van der Waals surface area (Å²) in [5.74, 6) is 0.811. The highest BCUT2D eigenvalue weighted by molar-refractivity contribution is 7.09. The molecule has 2 rings (SSSR count). The van der Waals surface area contributed by atoms with E-state index in [1.165, 1.54) is 11.2 Å². The first kappa shape index (κ1) is 14.2. The van der Waals surface area contributed by atoms with E-state index in [1.807, 2.05) is 26.3 Å². The van der Waals surface area contributed by atoms with Crippen molar-refractivity contribution in [1.82, 2.24) is 15.0 Å². The Kier molecular flexibility index (Phi) is 4.71. The molecular weight excluding hydrogens is 282 g/mol. The van der Waals surface area contributed by atoms with Crippen LogP contribution < -0.4 is 4.74 Å². The molecule has 0 aliphatic carbocycles. The molecular formula is C13H16ClN3OS. The SMILES string of the molecule is Cc1ncsc1CCOc1ncnc(Cl)c1C(C)C. The van der Waals surface area contributed by atoms with Gasteiger partial charge in [-0.15, -0.1) is 11.3 Å². The van der Waals surface area contributed by atoms with Crippen molar-refractivity contribution in [3.05, 3.63) is 33.1 Å². The molecule has 0 radical (unpaired) electrons. The minimum Gasteiger partial charge on any atom is -0.477 e. The average Bonchev–Trinajstić information content (AvgIpc) is 2.75. The maximum Gasteiger partial charge on any atom is 0.221 e. The maximum atomic E-state index is 6.09.